The monoisotopic (exact) mass is 699 g/mol. The Morgan fingerprint density at radius 1 is 0.872 bits per heavy atom. The Balaban J connectivity index is 1.79. The molecule has 0 aliphatic heterocycles. The van der Waals surface area contributed by atoms with E-state index in [2.05, 4.69) is 5.32 Å². The first kappa shape index (κ1) is 35.7. The maximum absolute atomic E-state index is 14.5. The minimum absolute atomic E-state index is 0.0677. The minimum atomic E-state index is -4.36. The van der Waals surface area contributed by atoms with Crippen molar-refractivity contribution in [1.29, 1.82) is 0 Å². The number of benzene rings is 4. The molecule has 1 atom stereocenters. The van der Waals surface area contributed by atoms with Crippen LogP contribution in [0.4, 0.5) is 10.1 Å². The van der Waals surface area contributed by atoms with E-state index in [1.54, 1.807) is 18.2 Å². The summed E-state index contributed by atoms with van der Waals surface area (Å²) in [7, 11) is -4.36. The Morgan fingerprint density at radius 3 is 2.17 bits per heavy atom. The number of hydrogen-bond acceptors (Lipinski definition) is 5. The number of amides is 2. The molecule has 4 rings (SSSR count). The van der Waals surface area contributed by atoms with Crippen molar-refractivity contribution in [3.63, 3.8) is 0 Å². The summed E-state index contributed by atoms with van der Waals surface area (Å²) in [5.41, 5.74) is 1.45. The average Bonchev–Trinajstić information content (AvgIpc) is 3.07. The molecule has 8 nitrogen and oxygen atoms in total. The molecule has 248 valence electrons. The molecule has 0 aromatic heterocycles. The Kier molecular flexibility index (Phi) is 12.6. The fraction of sp³-hybridized carbons (Fsp3) is 0.257. The van der Waals surface area contributed by atoms with Crippen LogP contribution in [0.2, 0.25) is 10.0 Å². The molecule has 1 N–H and O–H groups in total. The summed E-state index contributed by atoms with van der Waals surface area (Å²) in [6, 6.07) is 23.7. The second-order valence-corrected chi connectivity index (χ2v) is 13.3. The maximum atomic E-state index is 14.5. The van der Waals surface area contributed by atoms with E-state index in [9.17, 15) is 22.4 Å². The lowest BCUT2D eigenvalue weighted by Gasteiger charge is -2.34. The van der Waals surface area contributed by atoms with Gasteiger partial charge in [0, 0.05) is 19.5 Å². The van der Waals surface area contributed by atoms with Gasteiger partial charge in [-0.1, -0.05) is 66.5 Å². The molecule has 0 heterocycles. The smallest absolute Gasteiger partial charge is 0.264 e. The summed E-state index contributed by atoms with van der Waals surface area (Å²) < 4.78 is 48.6. The Bertz CT molecular complexity index is 1760. The third kappa shape index (κ3) is 9.47. The SMILES string of the molecule is CCCNC(=O)C(Cc1ccccc1)N(Cc1ccc(Cl)c(Cl)c1)C(=O)CN(c1ccc(F)cc1)S(=O)(=O)c1ccc(OCC)cc1. The molecule has 0 spiro atoms. The Labute approximate surface area is 285 Å². The van der Waals surface area contributed by atoms with Crippen molar-refractivity contribution in [3.05, 3.63) is 124 Å². The van der Waals surface area contributed by atoms with Crippen LogP contribution in [-0.2, 0) is 32.6 Å². The van der Waals surface area contributed by atoms with Crippen molar-refractivity contribution >= 4 is 50.7 Å². The summed E-state index contributed by atoms with van der Waals surface area (Å²) in [5.74, 6) is -1.16. The van der Waals surface area contributed by atoms with E-state index in [0.29, 0.717) is 35.9 Å². The van der Waals surface area contributed by atoms with E-state index in [1.165, 1.54) is 41.3 Å². The van der Waals surface area contributed by atoms with E-state index >= 15 is 0 Å². The van der Waals surface area contributed by atoms with Crippen molar-refractivity contribution in [2.45, 2.75) is 44.2 Å². The third-order valence-electron chi connectivity index (χ3n) is 7.27. The zero-order valence-corrected chi connectivity index (χ0v) is 28.4. The molecule has 4 aromatic rings. The number of rotatable bonds is 15. The van der Waals surface area contributed by atoms with Gasteiger partial charge < -0.3 is 15.0 Å². The largest absolute Gasteiger partial charge is 0.494 e. The van der Waals surface area contributed by atoms with Crippen LogP contribution < -0.4 is 14.4 Å². The maximum Gasteiger partial charge on any atom is 0.264 e. The van der Waals surface area contributed by atoms with Crippen LogP contribution >= 0.6 is 23.2 Å². The van der Waals surface area contributed by atoms with Gasteiger partial charge in [0.05, 0.1) is 27.2 Å². The molecule has 0 fully saturated rings. The fourth-order valence-electron chi connectivity index (χ4n) is 4.89. The van der Waals surface area contributed by atoms with Crippen molar-refractivity contribution in [1.82, 2.24) is 10.2 Å². The highest BCUT2D eigenvalue weighted by Gasteiger charge is 2.34. The van der Waals surface area contributed by atoms with Crippen LogP contribution in [0.25, 0.3) is 0 Å². The number of carbonyl (C=O) groups is 2. The van der Waals surface area contributed by atoms with E-state index in [1.807, 2.05) is 44.2 Å². The first-order valence-electron chi connectivity index (χ1n) is 15.1. The number of nitrogens with zero attached hydrogens (tertiary/aromatic N) is 2. The van der Waals surface area contributed by atoms with Gasteiger partial charge in [0.1, 0.15) is 24.2 Å². The lowest BCUT2D eigenvalue weighted by atomic mass is 10.0. The number of sulfonamides is 1. The van der Waals surface area contributed by atoms with Gasteiger partial charge in [-0.2, -0.15) is 0 Å². The molecule has 1 unspecified atom stereocenters. The Hall–Kier alpha value is -4.12. The molecule has 0 aliphatic carbocycles. The van der Waals surface area contributed by atoms with Crippen LogP contribution in [0.1, 0.15) is 31.4 Å². The number of ether oxygens (including phenoxy) is 1. The summed E-state index contributed by atoms with van der Waals surface area (Å²) in [6.45, 7) is 3.74. The van der Waals surface area contributed by atoms with Crippen molar-refractivity contribution in [2.24, 2.45) is 0 Å². The molecular weight excluding hydrogens is 664 g/mol. The molecule has 12 heteroatoms. The van der Waals surface area contributed by atoms with Gasteiger partial charge >= 0.3 is 0 Å². The molecule has 0 aliphatic rings. The third-order valence-corrected chi connectivity index (χ3v) is 9.80. The van der Waals surface area contributed by atoms with Gasteiger partial charge in [-0.15, -0.1) is 0 Å². The fourth-order valence-corrected chi connectivity index (χ4v) is 6.63. The summed E-state index contributed by atoms with van der Waals surface area (Å²) in [6.07, 6.45) is 0.828. The lowest BCUT2D eigenvalue weighted by molar-refractivity contribution is -0.140. The molecule has 47 heavy (non-hydrogen) atoms. The summed E-state index contributed by atoms with van der Waals surface area (Å²) in [4.78, 5) is 29.4. The van der Waals surface area contributed by atoms with Gasteiger partial charge in [0.15, 0.2) is 0 Å². The predicted octanol–water partition coefficient (Wildman–Crippen LogP) is 6.89. The molecule has 2 amide bonds. The van der Waals surface area contributed by atoms with Gasteiger partial charge in [0.25, 0.3) is 10.0 Å². The zero-order valence-electron chi connectivity index (χ0n) is 26.0. The molecule has 0 bridgehead atoms. The van der Waals surface area contributed by atoms with Crippen LogP contribution in [0.5, 0.6) is 5.75 Å². The highest BCUT2D eigenvalue weighted by Crippen LogP contribution is 2.28. The van der Waals surface area contributed by atoms with E-state index in [0.717, 1.165) is 22.0 Å². The van der Waals surface area contributed by atoms with E-state index in [4.69, 9.17) is 27.9 Å². The first-order valence-corrected chi connectivity index (χ1v) is 17.3. The lowest BCUT2D eigenvalue weighted by Crippen LogP contribution is -2.53. The van der Waals surface area contributed by atoms with E-state index in [-0.39, 0.29) is 28.6 Å². The average molecular weight is 701 g/mol. The number of halogens is 3. The molecule has 0 saturated heterocycles. The quantitative estimate of drug-likeness (QED) is 0.146. The number of nitrogens with one attached hydrogen (secondary N) is 1. The van der Waals surface area contributed by atoms with Gasteiger partial charge in [0.2, 0.25) is 11.8 Å². The van der Waals surface area contributed by atoms with E-state index < -0.39 is 40.2 Å². The second kappa shape index (κ2) is 16.6. The van der Waals surface area contributed by atoms with Gasteiger partial charge in [-0.05, 0) is 85.1 Å². The van der Waals surface area contributed by atoms with Crippen molar-refractivity contribution in [2.75, 3.05) is 24.0 Å². The highest BCUT2D eigenvalue weighted by molar-refractivity contribution is 7.92. The summed E-state index contributed by atoms with van der Waals surface area (Å²) in [5, 5.41) is 3.47. The van der Waals surface area contributed by atoms with Crippen LogP contribution in [0.3, 0.4) is 0 Å². The number of hydrogen-bond donors (Lipinski definition) is 1. The highest BCUT2D eigenvalue weighted by atomic mass is 35.5. The minimum Gasteiger partial charge on any atom is -0.494 e. The molecular formula is C35H36Cl2FN3O5S. The normalized spacial score (nSPS) is 11.9. The van der Waals surface area contributed by atoms with Crippen molar-refractivity contribution in [3.8, 4) is 5.75 Å². The van der Waals surface area contributed by atoms with Crippen molar-refractivity contribution < 1.29 is 27.1 Å². The summed E-state index contributed by atoms with van der Waals surface area (Å²) >= 11 is 12.5. The molecule has 0 radical (unpaired) electrons. The van der Waals surface area contributed by atoms with Crippen LogP contribution in [0.15, 0.2) is 102 Å². The zero-order chi connectivity index (χ0) is 34.0. The number of carbonyl (C=O) groups excluding carboxylic acids is 2. The molecule has 4 aromatic carbocycles. The second-order valence-electron chi connectivity index (χ2n) is 10.7. The topological polar surface area (TPSA) is 96.0 Å². The van der Waals surface area contributed by atoms with Gasteiger partial charge in [-0.25, -0.2) is 12.8 Å². The predicted molar refractivity (Wildman–Crippen MR) is 183 cm³/mol. The Morgan fingerprint density at radius 2 is 1.55 bits per heavy atom. The van der Waals surface area contributed by atoms with Crippen LogP contribution in [-0.4, -0.2) is 50.9 Å². The van der Waals surface area contributed by atoms with Crippen LogP contribution in [0, 0.1) is 5.82 Å². The standard InChI is InChI=1S/C35H36Cl2FN3O5S/c1-3-20-39-35(43)33(22-25-8-6-5-7-9-25)40(23-26-10-19-31(36)32(37)21-26)34(42)24-41(28-13-11-27(38)12-14-28)47(44,45)30-17-15-29(16-18-30)46-4-2/h5-19,21,33H,3-4,20,22-24H2,1-2H3,(H,39,43). The van der Waals surface area contributed by atoms with Gasteiger partial charge in [-0.3, -0.25) is 13.9 Å². The number of anilines is 1. The molecule has 0 saturated carbocycles. The first-order chi connectivity index (χ1) is 22.5.